The molecule has 2 aromatic heterocycles. The summed E-state index contributed by atoms with van der Waals surface area (Å²) in [6.07, 6.45) is 6.76. The molecule has 0 radical (unpaired) electrons. The van der Waals surface area contributed by atoms with E-state index in [2.05, 4.69) is 32.0 Å². The van der Waals surface area contributed by atoms with Crippen molar-refractivity contribution in [2.45, 2.75) is 19.3 Å². The molecule has 0 aromatic carbocycles. The quantitative estimate of drug-likeness (QED) is 0.856. The van der Waals surface area contributed by atoms with Crippen LogP contribution in [0.5, 0.6) is 0 Å². The molecule has 3 rings (SSSR count). The highest BCUT2D eigenvalue weighted by atomic mass is 15.2. The zero-order chi connectivity index (χ0) is 11.7. The van der Waals surface area contributed by atoms with Crippen LogP contribution in [-0.4, -0.2) is 28.0 Å². The van der Waals surface area contributed by atoms with Crippen LogP contribution in [0, 0.1) is 6.92 Å². The number of nitrogens with one attached hydrogen (secondary N) is 1. The highest BCUT2D eigenvalue weighted by molar-refractivity contribution is 5.46. The molecule has 1 unspecified atom stereocenters. The van der Waals surface area contributed by atoms with Gasteiger partial charge in [-0.15, -0.1) is 0 Å². The molecule has 88 valence electrons. The van der Waals surface area contributed by atoms with E-state index >= 15 is 0 Å². The van der Waals surface area contributed by atoms with Crippen LogP contribution in [0.3, 0.4) is 0 Å². The van der Waals surface area contributed by atoms with Crippen molar-refractivity contribution in [3.63, 3.8) is 0 Å². The van der Waals surface area contributed by atoms with Gasteiger partial charge in [0, 0.05) is 49.0 Å². The van der Waals surface area contributed by atoms with Crippen LogP contribution in [0.25, 0.3) is 0 Å². The molecule has 4 heteroatoms. The molecule has 1 atom stereocenters. The first kappa shape index (κ1) is 10.3. The number of nitrogens with zero attached hydrogens (tertiary/aromatic N) is 3. The van der Waals surface area contributed by atoms with E-state index < -0.39 is 0 Å². The number of hydrogen-bond acceptors (Lipinski definition) is 3. The number of anilines is 1. The van der Waals surface area contributed by atoms with Gasteiger partial charge in [0.25, 0.3) is 0 Å². The maximum atomic E-state index is 4.43. The van der Waals surface area contributed by atoms with Gasteiger partial charge in [0.1, 0.15) is 5.82 Å². The monoisotopic (exact) mass is 228 g/mol. The van der Waals surface area contributed by atoms with Crippen LogP contribution in [0.15, 0.2) is 30.7 Å². The third kappa shape index (κ3) is 2.02. The Morgan fingerprint density at radius 2 is 2.18 bits per heavy atom. The summed E-state index contributed by atoms with van der Waals surface area (Å²) in [5.41, 5.74) is 2.40. The second-order valence-corrected chi connectivity index (χ2v) is 4.59. The van der Waals surface area contributed by atoms with Crippen molar-refractivity contribution >= 4 is 5.69 Å². The van der Waals surface area contributed by atoms with E-state index in [9.17, 15) is 0 Å². The van der Waals surface area contributed by atoms with E-state index in [1.165, 1.54) is 5.69 Å². The standard InChI is InChI=1S/C13H16N4/c1-10-8-15-13(16-10)11-4-7-17(9-11)12-2-5-14-6-3-12/h2-3,5-6,8,11H,4,7,9H2,1H3,(H,15,16). The third-order valence-corrected chi connectivity index (χ3v) is 3.33. The lowest BCUT2D eigenvalue weighted by atomic mass is 10.1. The van der Waals surface area contributed by atoms with Gasteiger partial charge in [-0.1, -0.05) is 0 Å². The molecular formula is C13H16N4. The number of H-pyrrole nitrogens is 1. The normalized spacial score (nSPS) is 19.8. The molecule has 17 heavy (non-hydrogen) atoms. The number of aromatic nitrogens is 3. The molecule has 1 aliphatic rings. The predicted octanol–water partition coefficient (Wildman–Crippen LogP) is 2.11. The molecule has 0 aliphatic carbocycles. The van der Waals surface area contributed by atoms with E-state index in [0.717, 1.165) is 31.0 Å². The van der Waals surface area contributed by atoms with Crippen molar-refractivity contribution in [3.05, 3.63) is 42.2 Å². The van der Waals surface area contributed by atoms with Crippen LogP contribution in [0.1, 0.15) is 23.9 Å². The first-order valence-electron chi connectivity index (χ1n) is 5.99. The smallest absolute Gasteiger partial charge is 0.111 e. The van der Waals surface area contributed by atoms with Crippen LogP contribution in [-0.2, 0) is 0 Å². The number of imidazole rings is 1. The van der Waals surface area contributed by atoms with E-state index in [4.69, 9.17) is 0 Å². The van der Waals surface area contributed by atoms with Gasteiger partial charge in [-0.05, 0) is 25.5 Å². The summed E-state index contributed by atoms with van der Waals surface area (Å²) in [4.78, 5) is 14.2. The van der Waals surface area contributed by atoms with Crippen LogP contribution in [0.4, 0.5) is 5.69 Å². The van der Waals surface area contributed by atoms with Crippen molar-refractivity contribution in [1.29, 1.82) is 0 Å². The zero-order valence-corrected chi connectivity index (χ0v) is 9.93. The molecule has 0 bridgehead atoms. The molecule has 0 spiro atoms. The van der Waals surface area contributed by atoms with Gasteiger partial charge in [0.15, 0.2) is 0 Å². The molecule has 1 saturated heterocycles. The Morgan fingerprint density at radius 3 is 2.88 bits per heavy atom. The van der Waals surface area contributed by atoms with Gasteiger partial charge in [-0.2, -0.15) is 0 Å². The van der Waals surface area contributed by atoms with Crippen LogP contribution >= 0.6 is 0 Å². The first-order chi connectivity index (χ1) is 8.33. The van der Waals surface area contributed by atoms with Gasteiger partial charge < -0.3 is 9.88 Å². The van der Waals surface area contributed by atoms with Crippen molar-refractivity contribution < 1.29 is 0 Å². The van der Waals surface area contributed by atoms with E-state index in [1.807, 2.05) is 25.5 Å². The van der Waals surface area contributed by atoms with Gasteiger partial charge in [0.2, 0.25) is 0 Å². The number of pyridine rings is 1. The second-order valence-electron chi connectivity index (χ2n) is 4.59. The van der Waals surface area contributed by atoms with Gasteiger partial charge in [0.05, 0.1) is 0 Å². The van der Waals surface area contributed by atoms with E-state index in [1.54, 1.807) is 0 Å². The van der Waals surface area contributed by atoms with Gasteiger partial charge in [-0.3, -0.25) is 4.98 Å². The predicted molar refractivity (Wildman–Crippen MR) is 67.1 cm³/mol. The van der Waals surface area contributed by atoms with Crippen molar-refractivity contribution in [2.24, 2.45) is 0 Å². The summed E-state index contributed by atoms with van der Waals surface area (Å²) in [7, 11) is 0. The average Bonchev–Trinajstić information content (AvgIpc) is 2.98. The molecular weight excluding hydrogens is 212 g/mol. The molecule has 1 fully saturated rings. The Bertz CT molecular complexity index is 491. The summed E-state index contributed by atoms with van der Waals surface area (Å²) in [5, 5.41) is 0. The molecule has 3 heterocycles. The SMILES string of the molecule is Cc1cnc(C2CCN(c3ccncc3)C2)[nH]1. The van der Waals surface area contributed by atoms with Crippen LogP contribution < -0.4 is 4.90 Å². The fraction of sp³-hybridized carbons (Fsp3) is 0.385. The lowest BCUT2D eigenvalue weighted by Crippen LogP contribution is -2.19. The Labute approximate surface area is 101 Å². The van der Waals surface area contributed by atoms with Gasteiger partial charge >= 0.3 is 0 Å². The lowest BCUT2D eigenvalue weighted by molar-refractivity contribution is 0.721. The van der Waals surface area contributed by atoms with Crippen molar-refractivity contribution in [1.82, 2.24) is 15.0 Å². The van der Waals surface area contributed by atoms with E-state index in [-0.39, 0.29) is 0 Å². The minimum Gasteiger partial charge on any atom is -0.371 e. The second kappa shape index (κ2) is 4.20. The van der Waals surface area contributed by atoms with Gasteiger partial charge in [-0.25, -0.2) is 4.98 Å². The molecule has 2 aromatic rings. The lowest BCUT2D eigenvalue weighted by Gasteiger charge is -2.17. The number of rotatable bonds is 2. The minimum absolute atomic E-state index is 0.525. The largest absolute Gasteiger partial charge is 0.371 e. The fourth-order valence-corrected chi connectivity index (χ4v) is 2.41. The number of aromatic amines is 1. The Hall–Kier alpha value is -1.84. The highest BCUT2D eigenvalue weighted by Gasteiger charge is 2.25. The average molecular weight is 228 g/mol. The Kier molecular flexibility index (Phi) is 2.55. The highest BCUT2D eigenvalue weighted by Crippen LogP contribution is 2.28. The summed E-state index contributed by atoms with van der Waals surface area (Å²) in [5.74, 6) is 1.65. The van der Waals surface area contributed by atoms with Crippen LogP contribution in [0.2, 0.25) is 0 Å². The minimum atomic E-state index is 0.525. The number of aryl methyl sites for hydroxylation is 1. The molecule has 1 aliphatic heterocycles. The maximum Gasteiger partial charge on any atom is 0.111 e. The van der Waals surface area contributed by atoms with Crippen molar-refractivity contribution in [3.8, 4) is 0 Å². The zero-order valence-electron chi connectivity index (χ0n) is 9.93. The first-order valence-corrected chi connectivity index (χ1v) is 5.99. The summed E-state index contributed by atoms with van der Waals surface area (Å²) >= 11 is 0. The molecule has 0 amide bonds. The summed E-state index contributed by atoms with van der Waals surface area (Å²) in [6, 6.07) is 4.13. The fourth-order valence-electron chi connectivity index (χ4n) is 2.41. The topological polar surface area (TPSA) is 44.8 Å². The van der Waals surface area contributed by atoms with Crippen molar-refractivity contribution in [2.75, 3.05) is 18.0 Å². The Morgan fingerprint density at radius 1 is 1.35 bits per heavy atom. The van der Waals surface area contributed by atoms with E-state index in [0.29, 0.717) is 5.92 Å². The summed E-state index contributed by atoms with van der Waals surface area (Å²) in [6.45, 7) is 4.18. The Balaban J connectivity index is 1.74. The molecule has 4 nitrogen and oxygen atoms in total. The third-order valence-electron chi connectivity index (χ3n) is 3.33. The maximum absolute atomic E-state index is 4.43. The summed E-state index contributed by atoms with van der Waals surface area (Å²) < 4.78 is 0. The number of hydrogen-bond donors (Lipinski definition) is 1. The molecule has 1 N–H and O–H groups in total. The molecule has 0 saturated carbocycles.